The Morgan fingerprint density at radius 2 is 1.81 bits per heavy atom. The van der Waals surface area contributed by atoms with Gasteiger partial charge in [0.1, 0.15) is 12.4 Å². The van der Waals surface area contributed by atoms with E-state index in [1.54, 1.807) is 5.48 Å². The Bertz CT molecular complexity index is 646. The average molecular weight is 374 g/mol. The Hall–Kier alpha value is -1.98. The van der Waals surface area contributed by atoms with Gasteiger partial charge in [-0.05, 0) is 36.2 Å². The Balaban J connectivity index is 1.87. The summed E-state index contributed by atoms with van der Waals surface area (Å²) >= 11 is 1.48. The van der Waals surface area contributed by atoms with Crippen LogP contribution in [0.4, 0.5) is 0 Å². The highest BCUT2D eigenvalue weighted by atomic mass is 32.2. The van der Waals surface area contributed by atoms with Crippen LogP contribution in [0.15, 0.2) is 59.5 Å². The minimum atomic E-state index is -0.337. The van der Waals surface area contributed by atoms with Crippen molar-refractivity contribution in [2.24, 2.45) is 0 Å². The van der Waals surface area contributed by atoms with E-state index in [1.807, 2.05) is 54.6 Å². The van der Waals surface area contributed by atoms with Crippen LogP contribution >= 0.6 is 11.8 Å². The lowest BCUT2D eigenvalue weighted by atomic mass is 10.1. The number of carbonyl (C=O) groups is 1. The lowest BCUT2D eigenvalue weighted by Gasteiger charge is -2.15. The fourth-order valence-corrected chi connectivity index (χ4v) is 3.66. The Morgan fingerprint density at radius 1 is 1.08 bits per heavy atom. The number of carbonyl (C=O) groups excluding carboxylic acids is 1. The second-order valence-corrected chi connectivity index (χ2v) is 7.45. The molecule has 0 saturated heterocycles. The van der Waals surface area contributed by atoms with E-state index < -0.39 is 0 Å². The molecule has 0 heterocycles. The molecule has 0 aliphatic heterocycles. The van der Waals surface area contributed by atoms with Crippen molar-refractivity contribution in [2.75, 3.05) is 0 Å². The van der Waals surface area contributed by atoms with Gasteiger partial charge in [-0.3, -0.25) is 10.0 Å². The van der Waals surface area contributed by atoms with E-state index in [1.165, 1.54) is 18.2 Å². The molecule has 0 saturated carbocycles. The number of amides is 1. The maximum atomic E-state index is 11.9. The van der Waals surface area contributed by atoms with Gasteiger partial charge in [-0.1, -0.05) is 62.9 Å². The zero-order valence-electron chi connectivity index (χ0n) is 15.2. The predicted octanol–water partition coefficient (Wildman–Crippen LogP) is 5.20. The summed E-state index contributed by atoms with van der Waals surface area (Å²) in [4.78, 5) is 12.9. The molecule has 2 rings (SSSR count). The normalized spacial score (nSPS) is 11.8. The van der Waals surface area contributed by atoms with Crippen molar-refractivity contribution in [1.82, 2.24) is 5.48 Å². The van der Waals surface area contributed by atoms with Crippen LogP contribution in [0.2, 0.25) is 0 Å². The van der Waals surface area contributed by atoms with Gasteiger partial charge in [0.2, 0.25) is 0 Å². The molecule has 2 aromatic carbocycles. The number of thioether (sulfide) groups is 1. The van der Waals surface area contributed by atoms with Crippen molar-refractivity contribution >= 4 is 17.7 Å². The van der Waals surface area contributed by atoms with Crippen molar-refractivity contribution in [2.45, 2.75) is 55.8 Å². The van der Waals surface area contributed by atoms with Gasteiger partial charge in [-0.25, -0.2) is 5.48 Å². The number of hydroxylamine groups is 1. The first-order chi connectivity index (χ1) is 12.7. The van der Waals surface area contributed by atoms with Gasteiger partial charge in [0.25, 0.3) is 5.91 Å². The maximum absolute atomic E-state index is 11.9. The van der Waals surface area contributed by atoms with E-state index in [0.717, 1.165) is 41.9 Å². The second-order valence-electron chi connectivity index (χ2n) is 6.18. The minimum absolute atomic E-state index is 0.284. The molecule has 0 aliphatic rings. The molecule has 1 atom stereocenters. The third-order valence-corrected chi connectivity index (χ3v) is 5.35. The van der Waals surface area contributed by atoms with E-state index >= 15 is 0 Å². The first-order valence-corrected chi connectivity index (χ1v) is 9.98. The lowest BCUT2D eigenvalue weighted by molar-refractivity contribution is -0.128. The number of hydrogen-bond acceptors (Lipinski definition) is 4. The molecule has 0 aliphatic carbocycles. The Kier molecular flexibility index (Phi) is 9.07. The zero-order chi connectivity index (χ0) is 18.6. The summed E-state index contributed by atoms with van der Waals surface area (Å²) in [5, 5.41) is 8.69. The van der Waals surface area contributed by atoms with Crippen LogP contribution in [-0.4, -0.2) is 16.4 Å². The molecule has 0 bridgehead atoms. The molecule has 140 valence electrons. The van der Waals surface area contributed by atoms with Crippen LogP contribution in [0.3, 0.4) is 0 Å². The lowest BCUT2D eigenvalue weighted by Crippen LogP contribution is -2.30. The Labute approximate surface area is 159 Å². The molecule has 1 unspecified atom stereocenters. The molecule has 2 aromatic rings. The van der Waals surface area contributed by atoms with Crippen LogP contribution < -0.4 is 10.2 Å². The molecule has 26 heavy (non-hydrogen) atoms. The van der Waals surface area contributed by atoms with Crippen molar-refractivity contribution in [1.29, 1.82) is 0 Å². The molecule has 0 spiro atoms. The minimum Gasteiger partial charge on any atom is -0.489 e. The molecule has 2 N–H and O–H groups in total. The zero-order valence-corrected chi connectivity index (χ0v) is 16.0. The average Bonchev–Trinajstić information content (AvgIpc) is 2.70. The summed E-state index contributed by atoms with van der Waals surface area (Å²) in [5.74, 6) is 0.459. The van der Waals surface area contributed by atoms with Gasteiger partial charge < -0.3 is 4.74 Å². The molecule has 5 heteroatoms. The first kappa shape index (κ1) is 20.3. The Morgan fingerprint density at radius 3 is 2.46 bits per heavy atom. The van der Waals surface area contributed by atoms with Crippen molar-refractivity contribution < 1.29 is 14.7 Å². The van der Waals surface area contributed by atoms with Gasteiger partial charge in [0.15, 0.2) is 0 Å². The summed E-state index contributed by atoms with van der Waals surface area (Å²) in [7, 11) is 0. The molecular weight excluding hydrogens is 346 g/mol. The highest BCUT2D eigenvalue weighted by Gasteiger charge is 2.19. The van der Waals surface area contributed by atoms with E-state index in [4.69, 9.17) is 9.94 Å². The van der Waals surface area contributed by atoms with Crippen LogP contribution in [-0.2, 0) is 11.4 Å². The van der Waals surface area contributed by atoms with E-state index in [9.17, 15) is 4.79 Å². The maximum Gasteiger partial charge on any atom is 0.256 e. The molecule has 4 nitrogen and oxygen atoms in total. The molecule has 0 fully saturated rings. The third-order valence-electron chi connectivity index (χ3n) is 4.07. The number of ether oxygens (including phenoxy) is 1. The highest BCUT2D eigenvalue weighted by Crippen LogP contribution is 2.29. The summed E-state index contributed by atoms with van der Waals surface area (Å²) in [5.41, 5.74) is 2.91. The number of hydrogen-bond donors (Lipinski definition) is 2. The summed E-state index contributed by atoms with van der Waals surface area (Å²) in [6.07, 6.45) is 5.18. The van der Waals surface area contributed by atoms with E-state index in [0.29, 0.717) is 6.61 Å². The van der Waals surface area contributed by atoms with Crippen molar-refractivity contribution in [3.05, 3.63) is 60.2 Å². The van der Waals surface area contributed by atoms with Crippen molar-refractivity contribution in [3.8, 4) is 5.75 Å². The predicted molar refractivity (Wildman–Crippen MR) is 106 cm³/mol. The van der Waals surface area contributed by atoms with Crippen LogP contribution in [0.1, 0.15) is 44.6 Å². The molecule has 0 radical (unpaired) electrons. The first-order valence-electron chi connectivity index (χ1n) is 9.10. The summed E-state index contributed by atoms with van der Waals surface area (Å²) < 4.78 is 5.78. The number of benzene rings is 2. The quantitative estimate of drug-likeness (QED) is 0.246. The fraction of sp³-hybridized carbons (Fsp3) is 0.381. The van der Waals surface area contributed by atoms with Crippen molar-refractivity contribution in [3.63, 3.8) is 0 Å². The second kappa shape index (κ2) is 11.6. The van der Waals surface area contributed by atoms with Gasteiger partial charge >= 0.3 is 0 Å². The number of nitrogens with one attached hydrogen (secondary N) is 1. The summed E-state index contributed by atoms with van der Waals surface area (Å²) in [6, 6.07) is 17.8. The smallest absolute Gasteiger partial charge is 0.256 e. The number of unbranched alkanes of at least 4 members (excludes halogenated alkanes) is 3. The van der Waals surface area contributed by atoms with Crippen LogP contribution in [0.25, 0.3) is 0 Å². The topological polar surface area (TPSA) is 58.6 Å². The summed E-state index contributed by atoms with van der Waals surface area (Å²) in [6.45, 7) is 2.69. The van der Waals surface area contributed by atoms with E-state index in [2.05, 4.69) is 6.92 Å². The third kappa shape index (κ3) is 7.10. The van der Waals surface area contributed by atoms with Gasteiger partial charge in [0.05, 0.1) is 5.25 Å². The highest BCUT2D eigenvalue weighted by molar-refractivity contribution is 8.00. The molecular formula is C21H27NO3S. The largest absolute Gasteiger partial charge is 0.489 e. The number of rotatable bonds is 11. The van der Waals surface area contributed by atoms with Gasteiger partial charge in [-0.2, -0.15) is 0 Å². The van der Waals surface area contributed by atoms with Crippen LogP contribution in [0, 0.1) is 0 Å². The molecule has 1 amide bonds. The van der Waals surface area contributed by atoms with Crippen LogP contribution in [0.5, 0.6) is 5.75 Å². The monoisotopic (exact) mass is 373 g/mol. The standard InChI is InChI=1S/C21H27NO3S/c1-2-3-4-8-11-20(21(23)22-24)26-19-14-12-18(13-15-19)25-16-17-9-6-5-7-10-17/h5-7,9-10,12-15,20,24H,2-4,8,11,16H2,1H3,(H,22,23). The fourth-order valence-electron chi connectivity index (χ4n) is 2.59. The van der Waals surface area contributed by atoms with Gasteiger partial charge in [-0.15, -0.1) is 11.8 Å². The molecule has 0 aromatic heterocycles. The van der Waals surface area contributed by atoms with Gasteiger partial charge in [0, 0.05) is 4.90 Å². The van der Waals surface area contributed by atoms with E-state index in [-0.39, 0.29) is 11.2 Å². The SMILES string of the molecule is CCCCCCC(Sc1ccc(OCc2ccccc2)cc1)C(=O)NO.